The molecule has 0 N–H and O–H groups in total. The number of rotatable bonds is 8. The number of hydrogen-bond donors (Lipinski definition) is 0. The van der Waals surface area contributed by atoms with E-state index in [9.17, 15) is 20.2 Å². The molecule has 0 aliphatic carbocycles. The Morgan fingerprint density at radius 3 is 1.76 bits per heavy atom. The van der Waals surface area contributed by atoms with Crippen molar-refractivity contribution in [1.82, 2.24) is 10.3 Å². The minimum Gasteiger partial charge on any atom is -0.497 e. The standard InChI is InChI=1S/C18H18N4O7/c1-10-17(21(23)24)15(28-19-10)8-13(12-4-6-14(27-3)7-5-12)9-16-18(22(25)26)11(2)20-29-16/h4-7,13H,8-9H2,1-3H3. The van der Waals surface area contributed by atoms with Gasteiger partial charge in [0.15, 0.2) is 11.4 Å². The van der Waals surface area contributed by atoms with Crippen LogP contribution in [0, 0.1) is 34.1 Å². The molecule has 0 radical (unpaired) electrons. The Balaban J connectivity index is 2.00. The van der Waals surface area contributed by atoms with Gasteiger partial charge < -0.3 is 13.8 Å². The average molecular weight is 402 g/mol. The van der Waals surface area contributed by atoms with E-state index >= 15 is 0 Å². The van der Waals surface area contributed by atoms with Gasteiger partial charge in [-0.1, -0.05) is 22.4 Å². The van der Waals surface area contributed by atoms with Crippen molar-refractivity contribution in [2.75, 3.05) is 7.11 Å². The summed E-state index contributed by atoms with van der Waals surface area (Å²) in [6.45, 7) is 2.97. The van der Waals surface area contributed by atoms with Crippen molar-refractivity contribution in [3.05, 3.63) is 73.0 Å². The van der Waals surface area contributed by atoms with Crippen molar-refractivity contribution in [1.29, 1.82) is 0 Å². The number of nitro groups is 2. The van der Waals surface area contributed by atoms with Crippen molar-refractivity contribution in [2.24, 2.45) is 0 Å². The second kappa shape index (κ2) is 8.09. The van der Waals surface area contributed by atoms with Crippen LogP contribution in [0.4, 0.5) is 11.4 Å². The van der Waals surface area contributed by atoms with Crippen LogP contribution in [0.1, 0.15) is 34.4 Å². The lowest BCUT2D eigenvalue weighted by Crippen LogP contribution is -2.09. The van der Waals surface area contributed by atoms with Gasteiger partial charge in [-0.05, 0) is 37.5 Å². The predicted octanol–water partition coefficient (Wildman–Crippen LogP) is 3.67. The lowest BCUT2D eigenvalue weighted by atomic mass is 9.89. The van der Waals surface area contributed by atoms with Crippen molar-refractivity contribution in [3.63, 3.8) is 0 Å². The Bertz CT molecular complexity index is 979. The zero-order valence-corrected chi connectivity index (χ0v) is 15.9. The molecular weight excluding hydrogens is 384 g/mol. The van der Waals surface area contributed by atoms with Gasteiger partial charge in [0.25, 0.3) is 0 Å². The highest BCUT2D eigenvalue weighted by Crippen LogP contribution is 2.34. The van der Waals surface area contributed by atoms with Gasteiger partial charge in [-0.2, -0.15) is 0 Å². The van der Waals surface area contributed by atoms with Crippen LogP contribution in [0.2, 0.25) is 0 Å². The van der Waals surface area contributed by atoms with Gasteiger partial charge in [0.05, 0.1) is 17.0 Å². The van der Waals surface area contributed by atoms with Crippen LogP contribution in [0.5, 0.6) is 5.75 Å². The first-order valence-electron chi connectivity index (χ1n) is 8.64. The number of hydrogen-bond acceptors (Lipinski definition) is 9. The van der Waals surface area contributed by atoms with Gasteiger partial charge in [-0.25, -0.2) is 0 Å². The minimum absolute atomic E-state index is 0.0900. The first-order valence-corrected chi connectivity index (χ1v) is 8.64. The van der Waals surface area contributed by atoms with Gasteiger partial charge in [-0.15, -0.1) is 0 Å². The van der Waals surface area contributed by atoms with E-state index in [1.165, 1.54) is 21.0 Å². The molecule has 0 fully saturated rings. The van der Waals surface area contributed by atoms with Crippen LogP contribution >= 0.6 is 0 Å². The molecular formula is C18H18N4O7. The molecule has 152 valence electrons. The minimum atomic E-state index is -0.548. The summed E-state index contributed by atoms with van der Waals surface area (Å²) in [5.41, 5.74) is 0.705. The molecule has 11 nitrogen and oxygen atoms in total. The molecule has 0 spiro atoms. The maximum absolute atomic E-state index is 11.4. The van der Waals surface area contributed by atoms with Gasteiger partial charge in [-0.3, -0.25) is 20.2 Å². The van der Waals surface area contributed by atoms with E-state index in [1.54, 1.807) is 24.3 Å². The molecule has 2 aromatic heterocycles. The third kappa shape index (κ3) is 4.08. The lowest BCUT2D eigenvalue weighted by molar-refractivity contribution is -0.386. The molecule has 0 amide bonds. The van der Waals surface area contributed by atoms with Crippen molar-refractivity contribution in [3.8, 4) is 5.75 Å². The first kappa shape index (κ1) is 20.0. The molecule has 3 aromatic rings. The normalized spacial score (nSPS) is 11.0. The van der Waals surface area contributed by atoms with Gasteiger partial charge in [0.1, 0.15) is 5.75 Å². The van der Waals surface area contributed by atoms with E-state index in [4.69, 9.17) is 13.8 Å². The Morgan fingerprint density at radius 1 is 0.931 bits per heavy atom. The first-order chi connectivity index (χ1) is 13.8. The summed E-state index contributed by atoms with van der Waals surface area (Å²) in [5.74, 6) is 0.396. The Kier molecular flexibility index (Phi) is 5.57. The second-order valence-electron chi connectivity index (χ2n) is 6.47. The molecule has 0 atom stereocenters. The maximum atomic E-state index is 11.4. The highest BCUT2D eigenvalue weighted by molar-refractivity contribution is 5.42. The van der Waals surface area contributed by atoms with Crippen molar-refractivity contribution >= 4 is 11.4 Å². The fourth-order valence-corrected chi connectivity index (χ4v) is 3.19. The third-order valence-electron chi connectivity index (χ3n) is 4.62. The summed E-state index contributed by atoms with van der Waals surface area (Å²) in [5, 5.41) is 30.1. The fraction of sp³-hybridized carbons (Fsp3) is 0.333. The zero-order valence-electron chi connectivity index (χ0n) is 15.9. The molecule has 0 saturated carbocycles. The summed E-state index contributed by atoms with van der Waals surface area (Å²) in [6.07, 6.45) is 0.195. The summed E-state index contributed by atoms with van der Waals surface area (Å²) in [7, 11) is 1.54. The summed E-state index contributed by atoms with van der Waals surface area (Å²) >= 11 is 0. The molecule has 0 saturated heterocycles. The Labute approximate surface area is 164 Å². The summed E-state index contributed by atoms with van der Waals surface area (Å²) in [6, 6.07) is 7.05. The summed E-state index contributed by atoms with van der Waals surface area (Å²) < 4.78 is 15.5. The van der Waals surface area contributed by atoms with E-state index in [-0.39, 0.29) is 47.1 Å². The number of aryl methyl sites for hydroxylation is 2. The molecule has 29 heavy (non-hydrogen) atoms. The van der Waals surface area contributed by atoms with Gasteiger partial charge >= 0.3 is 11.4 Å². The van der Waals surface area contributed by atoms with Crippen LogP contribution in [0.3, 0.4) is 0 Å². The van der Waals surface area contributed by atoms with Crippen LogP contribution in [0.15, 0.2) is 33.3 Å². The smallest absolute Gasteiger partial charge is 0.334 e. The van der Waals surface area contributed by atoms with Crippen LogP contribution in [0.25, 0.3) is 0 Å². The largest absolute Gasteiger partial charge is 0.497 e. The quantitative estimate of drug-likeness (QED) is 0.406. The number of nitrogens with zero attached hydrogens (tertiary/aromatic N) is 4. The summed E-state index contributed by atoms with van der Waals surface area (Å²) in [4.78, 5) is 21.7. The average Bonchev–Trinajstić information content (AvgIpc) is 3.23. The maximum Gasteiger partial charge on any atom is 0.334 e. The van der Waals surface area contributed by atoms with Crippen molar-refractivity contribution in [2.45, 2.75) is 32.6 Å². The molecule has 3 rings (SSSR count). The number of ether oxygens (including phenoxy) is 1. The Hall–Kier alpha value is -3.76. The molecule has 0 unspecified atom stereocenters. The van der Waals surface area contributed by atoms with E-state index in [2.05, 4.69) is 10.3 Å². The lowest BCUT2D eigenvalue weighted by Gasteiger charge is -2.14. The number of methoxy groups -OCH3 is 1. The zero-order chi connectivity index (χ0) is 21.1. The molecule has 1 aromatic carbocycles. The number of benzene rings is 1. The van der Waals surface area contributed by atoms with Crippen LogP contribution < -0.4 is 4.74 Å². The monoisotopic (exact) mass is 402 g/mol. The van der Waals surface area contributed by atoms with E-state index in [0.29, 0.717) is 5.75 Å². The van der Waals surface area contributed by atoms with E-state index in [0.717, 1.165) is 5.56 Å². The Morgan fingerprint density at radius 2 is 1.38 bits per heavy atom. The van der Waals surface area contributed by atoms with E-state index in [1.807, 2.05) is 0 Å². The molecule has 0 bridgehead atoms. The highest BCUT2D eigenvalue weighted by Gasteiger charge is 2.31. The topological polar surface area (TPSA) is 148 Å². The second-order valence-corrected chi connectivity index (χ2v) is 6.47. The number of aromatic nitrogens is 2. The van der Waals surface area contributed by atoms with E-state index < -0.39 is 15.8 Å². The van der Waals surface area contributed by atoms with Gasteiger partial charge in [0.2, 0.25) is 11.5 Å². The third-order valence-corrected chi connectivity index (χ3v) is 4.62. The SMILES string of the molecule is COc1ccc(C(Cc2onc(C)c2[N+](=O)[O-])Cc2onc(C)c2[N+](=O)[O-])cc1. The van der Waals surface area contributed by atoms with Crippen LogP contribution in [-0.2, 0) is 12.8 Å². The molecule has 0 aliphatic rings. The van der Waals surface area contributed by atoms with Crippen LogP contribution in [-0.4, -0.2) is 27.3 Å². The fourth-order valence-electron chi connectivity index (χ4n) is 3.19. The highest BCUT2D eigenvalue weighted by atomic mass is 16.6. The van der Waals surface area contributed by atoms with Crippen molar-refractivity contribution < 1.29 is 23.6 Å². The molecule has 2 heterocycles. The predicted molar refractivity (Wildman–Crippen MR) is 98.9 cm³/mol. The van der Waals surface area contributed by atoms with Gasteiger partial charge in [0, 0.05) is 12.8 Å². The molecule has 0 aliphatic heterocycles. The molecule has 11 heteroatoms.